The summed E-state index contributed by atoms with van der Waals surface area (Å²) in [4.78, 5) is 0. The second kappa shape index (κ2) is 3.32. The fourth-order valence-electron chi connectivity index (χ4n) is 1.52. The molecule has 13 heavy (non-hydrogen) atoms. The second-order valence-electron chi connectivity index (χ2n) is 3.22. The van der Waals surface area contributed by atoms with Crippen molar-refractivity contribution in [3.05, 3.63) is 41.4 Å². The lowest BCUT2D eigenvalue weighted by atomic mass is 10.4. The molecule has 1 atom stereocenters. The summed E-state index contributed by atoms with van der Waals surface area (Å²) in [6.07, 6.45) is 3.03. The van der Waals surface area contributed by atoms with Gasteiger partial charge in [0, 0.05) is 22.7 Å². The van der Waals surface area contributed by atoms with Gasteiger partial charge in [-0.1, -0.05) is 48.0 Å². The highest BCUT2D eigenvalue weighted by molar-refractivity contribution is 7.72. The summed E-state index contributed by atoms with van der Waals surface area (Å²) in [7, 11) is -2.20. The summed E-state index contributed by atoms with van der Waals surface area (Å²) < 4.78 is 12.3. The fourth-order valence-corrected chi connectivity index (χ4v) is 4.65. The zero-order valence-electron chi connectivity index (χ0n) is 7.11. The Kier molecular flexibility index (Phi) is 2.31. The lowest BCUT2D eigenvalue weighted by Gasteiger charge is -2.10. The molecule has 1 heterocycles. The second-order valence-corrected chi connectivity index (χ2v) is 6.68. The van der Waals surface area contributed by atoms with Gasteiger partial charge in [-0.3, -0.25) is 0 Å². The summed E-state index contributed by atoms with van der Waals surface area (Å²) in [5.74, 6) is 0. The molecule has 1 aliphatic rings. The molecule has 0 saturated carbocycles. The highest BCUT2D eigenvalue weighted by atomic mass is 35.5. The maximum atomic E-state index is 12.3. The van der Waals surface area contributed by atoms with E-state index in [-0.39, 0.29) is 0 Å². The van der Waals surface area contributed by atoms with Gasteiger partial charge in [0.2, 0.25) is 0 Å². The number of hydrogen-bond acceptors (Lipinski definition) is 1. The molecule has 0 aromatic heterocycles. The Morgan fingerprint density at radius 3 is 2.46 bits per heavy atom. The highest BCUT2D eigenvalue weighted by Gasteiger charge is 2.28. The molecular formula is C10H10ClOP. The van der Waals surface area contributed by atoms with E-state index in [1.165, 1.54) is 0 Å². The Labute approximate surface area is 82.8 Å². The van der Waals surface area contributed by atoms with Gasteiger partial charge in [-0.25, -0.2) is 0 Å². The number of benzene rings is 1. The molecular weight excluding hydrogens is 203 g/mol. The van der Waals surface area contributed by atoms with Gasteiger partial charge in [0.05, 0.1) is 0 Å². The van der Waals surface area contributed by atoms with Crippen LogP contribution in [0.5, 0.6) is 0 Å². The normalized spacial score (nSPS) is 27.3. The predicted octanol–water partition coefficient (Wildman–Crippen LogP) is 2.81. The van der Waals surface area contributed by atoms with E-state index < -0.39 is 7.14 Å². The number of allylic oxidation sites excluding steroid dienone is 2. The SMILES string of the molecule is O=P1(c2ccccc2)CC=C(Cl)C1. The molecule has 0 radical (unpaired) electrons. The summed E-state index contributed by atoms with van der Waals surface area (Å²) in [6, 6.07) is 9.61. The zero-order valence-corrected chi connectivity index (χ0v) is 8.76. The van der Waals surface area contributed by atoms with Crippen molar-refractivity contribution in [3.63, 3.8) is 0 Å². The molecule has 2 rings (SSSR count). The minimum Gasteiger partial charge on any atom is -0.318 e. The van der Waals surface area contributed by atoms with Crippen LogP contribution in [-0.2, 0) is 4.57 Å². The van der Waals surface area contributed by atoms with E-state index in [1.807, 2.05) is 36.4 Å². The molecule has 1 aromatic carbocycles. The highest BCUT2D eigenvalue weighted by Crippen LogP contribution is 2.50. The van der Waals surface area contributed by atoms with Crippen LogP contribution in [0, 0.1) is 0 Å². The summed E-state index contributed by atoms with van der Waals surface area (Å²) in [6.45, 7) is 0. The average molecular weight is 213 g/mol. The molecule has 0 spiro atoms. The van der Waals surface area contributed by atoms with Crippen LogP contribution in [-0.4, -0.2) is 12.3 Å². The third kappa shape index (κ3) is 1.72. The average Bonchev–Trinajstić information content (AvgIpc) is 2.49. The fraction of sp³-hybridized carbons (Fsp3) is 0.200. The van der Waals surface area contributed by atoms with Crippen molar-refractivity contribution in [2.45, 2.75) is 0 Å². The Morgan fingerprint density at radius 1 is 1.23 bits per heavy atom. The molecule has 1 nitrogen and oxygen atoms in total. The minimum absolute atomic E-state index is 0.540. The van der Waals surface area contributed by atoms with Gasteiger partial charge in [-0.05, 0) is 0 Å². The maximum absolute atomic E-state index is 12.3. The van der Waals surface area contributed by atoms with Crippen molar-refractivity contribution in [2.75, 3.05) is 12.3 Å². The van der Waals surface area contributed by atoms with Crippen molar-refractivity contribution >= 4 is 24.0 Å². The van der Waals surface area contributed by atoms with Crippen molar-refractivity contribution in [2.24, 2.45) is 0 Å². The van der Waals surface area contributed by atoms with Crippen LogP contribution in [0.1, 0.15) is 0 Å². The van der Waals surface area contributed by atoms with Gasteiger partial charge in [0.1, 0.15) is 7.14 Å². The first-order valence-electron chi connectivity index (χ1n) is 4.19. The monoisotopic (exact) mass is 212 g/mol. The maximum Gasteiger partial charge on any atom is 0.124 e. The molecule has 1 aromatic rings. The third-order valence-corrected chi connectivity index (χ3v) is 5.58. The molecule has 0 N–H and O–H groups in total. The van der Waals surface area contributed by atoms with E-state index in [9.17, 15) is 4.57 Å². The van der Waals surface area contributed by atoms with Crippen molar-refractivity contribution in [1.29, 1.82) is 0 Å². The van der Waals surface area contributed by atoms with Crippen LogP contribution in [0.3, 0.4) is 0 Å². The summed E-state index contributed by atoms with van der Waals surface area (Å²) >= 11 is 5.84. The molecule has 1 unspecified atom stereocenters. The Morgan fingerprint density at radius 2 is 1.92 bits per heavy atom. The molecule has 0 fully saturated rings. The topological polar surface area (TPSA) is 17.1 Å². The molecule has 0 saturated heterocycles. The standard InChI is InChI=1S/C10H10ClOP/c11-9-6-7-13(12,8-9)10-4-2-1-3-5-10/h1-6H,7-8H2. The van der Waals surface area contributed by atoms with Crippen LogP contribution >= 0.6 is 18.7 Å². The van der Waals surface area contributed by atoms with Crippen molar-refractivity contribution < 1.29 is 4.57 Å². The van der Waals surface area contributed by atoms with E-state index in [4.69, 9.17) is 11.6 Å². The van der Waals surface area contributed by atoms with Crippen LogP contribution in [0.2, 0.25) is 0 Å². The van der Waals surface area contributed by atoms with Crippen molar-refractivity contribution in [3.8, 4) is 0 Å². The number of halogens is 1. The first-order valence-corrected chi connectivity index (χ1v) is 6.64. The minimum atomic E-state index is -2.20. The lowest BCUT2D eigenvalue weighted by Crippen LogP contribution is -2.05. The van der Waals surface area contributed by atoms with Gasteiger partial charge in [0.25, 0.3) is 0 Å². The summed E-state index contributed by atoms with van der Waals surface area (Å²) in [5, 5.41) is 1.69. The van der Waals surface area contributed by atoms with Crippen LogP contribution in [0.25, 0.3) is 0 Å². The Bertz CT molecular complexity index is 383. The predicted molar refractivity (Wildman–Crippen MR) is 57.4 cm³/mol. The Hall–Kier alpha value is -0.520. The van der Waals surface area contributed by atoms with Gasteiger partial charge < -0.3 is 4.57 Å². The molecule has 3 heteroatoms. The summed E-state index contributed by atoms with van der Waals surface area (Å²) in [5.41, 5.74) is 0. The van der Waals surface area contributed by atoms with Gasteiger partial charge in [-0.2, -0.15) is 0 Å². The lowest BCUT2D eigenvalue weighted by molar-refractivity contribution is 0.585. The third-order valence-electron chi connectivity index (χ3n) is 2.24. The van der Waals surface area contributed by atoms with Gasteiger partial charge in [-0.15, -0.1) is 0 Å². The first kappa shape index (κ1) is 9.05. The van der Waals surface area contributed by atoms with E-state index in [2.05, 4.69) is 0 Å². The Balaban J connectivity index is 2.34. The van der Waals surface area contributed by atoms with Gasteiger partial charge >= 0.3 is 0 Å². The van der Waals surface area contributed by atoms with E-state index in [0.717, 1.165) is 10.3 Å². The molecule has 0 aliphatic carbocycles. The quantitative estimate of drug-likeness (QED) is 0.655. The van der Waals surface area contributed by atoms with Crippen molar-refractivity contribution in [1.82, 2.24) is 0 Å². The smallest absolute Gasteiger partial charge is 0.124 e. The zero-order chi connectivity index (χ0) is 9.31. The number of hydrogen-bond donors (Lipinski definition) is 0. The van der Waals surface area contributed by atoms with Gasteiger partial charge in [0.15, 0.2) is 0 Å². The van der Waals surface area contributed by atoms with E-state index >= 15 is 0 Å². The van der Waals surface area contributed by atoms with Crippen LogP contribution < -0.4 is 5.30 Å². The largest absolute Gasteiger partial charge is 0.318 e. The molecule has 0 amide bonds. The first-order chi connectivity index (χ1) is 6.21. The van der Waals surface area contributed by atoms with Crippen LogP contribution in [0.4, 0.5) is 0 Å². The molecule has 1 aliphatic heterocycles. The van der Waals surface area contributed by atoms with E-state index in [0.29, 0.717) is 12.3 Å². The number of rotatable bonds is 1. The van der Waals surface area contributed by atoms with Crippen LogP contribution in [0.15, 0.2) is 41.4 Å². The van der Waals surface area contributed by atoms with E-state index in [1.54, 1.807) is 0 Å². The molecule has 68 valence electrons. The molecule has 0 bridgehead atoms.